The van der Waals surface area contributed by atoms with Crippen LogP contribution in [-0.2, 0) is 15.3 Å². The molecule has 2 aromatic carbocycles. The smallest absolute Gasteiger partial charge is 0.308 e. The number of hydrogen-bond donors (Lipinski definition) is 1. The number of thiazole rings is 1. The number of ether oxygens (including phenoxy) is 2. The van der Waals surface area contributed by atoms with Crippen LogP contribution in [-0.4, -0.2) is 28.6 Å². The molecule has 0 radical (unpaired) electrons. The predicted octanol–water partition coefficient (Wildman–Crippen LogP) is 5.14. The van der Waals surface area contributed by atoms with Crippen LogP contribution in [0, 0.1) is 13.8 Å². The Morgan fingerprint density at radius 3 is 2.58 bits per heavy atom. The second kappa shape index (κ2) is 10.1. The summed E-state index contributed by atoms with van der Waals surface area (Å²) in [6.45, 7) is 5.03. The van der Waals surface area contributed by atoms with Crippen molar-refractivity contribution < 1.29 is 23.6 Å². The number of nitrogens with one attached hydrogen (secondary N) is 1. The average Bonchev–Trinajstić information content (AvgIpc) is 3.33. The first kappa shape index (κ1) is 22.8. The Hall–Kier alpha value is -3.37. The van der Waals surface area contributed by atoms with Crippen LogP contribution in [0.15, 0.2) is 51.3 Å². The third-order valence-corrected chi connectivity index (χ3v) is 6.82. The molecule has 0 aliphatic rings. The number of amides is 1. The largest absolute Gasteiger partial charge is 0.484 e. The normalized spacial score (nSPS) is 10.9. The third kappa shape index (κ3) is 5.91. The second-order valence-electron chi connectivity index (χ2n) is 7.16. The number of fused-ring (bicyclic) bond motifs is 1. The van der Waals surface area contributed by atoms with Gasteiger partial charge in [0.25, 0.3) is 5.91 Å². The van der Waals surface area contributed by atoms with Gasteiger partial charge in [-0.15, -0.1) is 11.3 Å². The van der Waals surface area contributed by atoms with Crippen molar-refractivity contribution in [3.8, 4) is 11.5 Å². The fourth-order valence-electron chi connectivity index (χ4n) is 3.00. The van der Waals surface area contributed by atoms with E-state index in [9.17, 15) is 9.59 Å². The summed E-state index contributed by atoms with van der Waals surface area (Å²) in [4.78, 5) is 27.9. The van der Waals surface area contributed by atoms with Gasteiger partial charge in [0, 0.05) is 23.9 Å². The van der Waals surface area contributed by atoms with Gasteiger partial charge in [-0.3, -0.25) is 9.59 Å². The number of rotatable bonds is 8. The lowest BCUT2D eigenvalue weighted by Crippen LogP contribution is -2.20. The van der Waals surface area contributed by atoms with Crippen LogP contribution in [0.1, 0.15) is 23.9 Å². The molecule has 1 N–H and O–H groups in total. The molecule has 0 spiro atoms. The van der Waals surface area contributed by atoms with Crippen molar-refractivity contribution in [2.24, 2.45) is 0 Å². The topological polar surface area (TPSA) is 104 Å². The van der Waals surface area contributed by atoms with Gasteiger partial charge >= 0.3 is 5.97 Å². The zero-order valence-corrected chi connectivity index (χ0v) is 19.8. The molecule has 0 saturated heterocycles. The molecule has 0 bridgehead atoms. The van der Waals surface area contributed by atoms with E-state index in [4.69, 9.17) is 14.0 Å². The lowest BCUT2D eigenvalue weighted by atomic mass is 10.2. The molecule has 0 atom stereocenters. The summed E-state index contributed by atoms with van der Waals surface area (Å²) in [6.07, 6.45) is 0. The van der Waals surface area contributed by atoms with Crippen LogP contribution in [0.25, 0.3) is 10.2 Å². The molecule has 0 saturated carbocycles. The molecule has 4 rings (SSSR count). The van der Waals surface area contributed by atoms with Crippen molar-refractivity contribution in [3.63, 3.8) is 0 Å². The molecule has 0 unspecified atom stereocenters. The van der Waals surface area contributed by atoms with E-state index in [-0.39, 0.29) is 12.5 Å². The van der Waals surface area contributed by atoms with E-state index < -0.39 is 5.97 Å². The second-order valence-corrected chi connectivity index (χ2v) is 9.41. The maximum Gasteiger partial charge on any atom is 0.308 e. The van der Waals surface area contributed by atoms with E-state index in [1.807, 2.05) is 32.0 Å². The molecular formula is C23H21N3O5S2. The Balaban J connectivity index is 1.32. The minimum atomic E-state index is -0.396. The van der Waals surface area contributed by atoms with Crippen molar-refractivity contribution in [1.82, 2.24) is 10.1 Å². The van der Waals surface area contributed by atoms with E-state index in [0.29, 0.717) is 17.2 Å². The monoisotopic (exact) mass is 483 g/mol. The van der Waals surface area contributed by atoms with Gasteiger partial charge in [0.1, 0.15) is 17.3 Å². The summed E-state index contributed by atoms with van der Waals surface area (Å²) >= 11 is 3.20. The third-order valence-electron chi connectivity index (χ3n) is 4.63. The number of aryl methyl sites for hydroxylation is 2. The maximum atomic E-state index is 12.3. The molecule has 33 heavy (non-hydrogen) atoms. The lowest BCUT2D eigenvalue weighted by molar-refractivity contribution is -0.131. The van der Waals surface area contributed by atoms with Crippen molar-refractivity contribution in [3.05, 3.63) is 59.5 Å². The molecule has 10 heteroatoms. The molecule has 0 fully saturated rings. The van der Waals surface area contributed by atoms with Crippen LogP contribution >= 0.6 is 23.1 Å². The van der Waals surface area contributed by atoms with Gasteiger partial charge in [-0.2, -0.15) is 0 Å². The summed E-state index contributed by atoms with van der Waals surface area (Å²) < 4.78 is 17.6. The summed E-state index contributed by atoms with van der Waals surface area (Å²) in [7, 11) is 0. The van der Waals surface area contributed by atoms with Crippen LogP contribution in [0.3, 0.4) is 0 Å². The fraction of sp³-hybridized carbons (Fsp3) is 0.217. The van der Waals surface area contributed by atoms with E-state index in [1.54, 1.807) is 47.4 Å². The molecule has 2 aromatic heterocycles. The van der Waals surface area contributed by atoms with Gasteiger partial charge in [0.2, 0.25) is 0 Å². The standard InChI is InChI=1S/C23H21N3O5S2/c1-13-19(14(2)31-26-13)12-32-23-25-20-9-4-16(10-21(20)33-23)24-22(28)11-29-17-5-7-18(8-6-17)30-15(3)27/h4-10H,11-12H2,1-3H3,(H,24,28). The van der Waals surface area contributed by atoms with Crippen LogP contribution < -0.4 is 14.8 Å². The molecule has 2 heterocycles. The number of carbonyl (C=O) groups excluding carboxylic acids is 2. The average molecular weight is 484 g/mol. The highest BCUT2D eigenvalue weighted by atomic mass is 32.2. The number of esters is 1. The molecule has 8 nitrogen and oxygen atoms in total. The SMILES string of the molecule is CC(=O)Oc1ccc(OCC(=O)Nc2ccc3nc(SCc4c(C)noc4C)sc3c2)cc1. The van der Waals surface area contributed by atoms with Gasteiger partial charge in [-0.25, -0.2) is 4.98 Å². The minimum absolute atomic E-state index is 0.147. The lowest BCUT2D eigenvalue weighted by Gasteiger charge is -2.08. The number of benzene rings is 2. The number of nitrogens with zero attached hydrogens (tertiary/aromatic N) is 2. The first-order valence-corrected chi connectivity index (χ1v) is 11.8. The number of thioether (sulfide) groups is 1. The van der Waals surface area contributed by atoms with E-state index in [1.165, 1.54) is 6.92 Å². The summed E-state index contributed by atoms with van der Waals surface area (Å²) in [5, 5.41) is 6.82. The first-order chi connectivity index (χ1) is 15.9. The van der Waals surface area contributed by atoms with Crippen LogP contribution in [0.2, 0.25) is 0 Å². The highest BCUT2D eigenvalue weighted by Crippen LogP contribution is 2.34. The Morgan fingerprint density at radius 2 is 1.88 bits per heavy atom. The molecule has 170 valence electrons. The van der Waals surface area contributed by atoms with Crippen molar-refractivity contribution in [1.29, 1.82) is 0 Å². The zero-order chi connectivity index (χ0) is 23.4. The number of aromatic nitrogens is 2. The van der Waals surface area contributed by atoms with Crippen molar-refractivity contribution in [2.45, 2.75) is 30.9 Å². The minimum Gasteiger partial charge on any atom is -0.484 e. The van der Waals surface area contributed by atoms with Gasteiger partial charge in [0.05, 0.1) is 15.9 Å². The maximum absolute atomic E-state index is 12.3. The number of carbonyl (C=O) groups is 2. The van der Waals surface area contributed by atoms with E-state index in [2.05, 4.69) is 15.5 Å². The molecular weight excluding hydrogens is 462 g/mol. The predicted molar refractivity (Wildman–Crippen MR) is 127 cm³/mol. The highest BCUT2D eigenvalue weighted by molar-refractivity contribution is 8.00. The molecule has 1 amide bonds. The highest BCUT2D eigenvalue weighted by Gasteiger charge is 2.12. The van der Waals surface area contributed by atoms with Gasteiger partial charge in [0.15, 0.2) is 10.9 Å². The summed E-state index contributed by atoms with van der Waals surface area (Å²) in [5.41, 5.74) is 3.54. The van der Waals surface area contributed by atoms with Gasteiger partial charge in [-0.1, -0.05) is 16.9 Å². The molecule has 4 aromatic rings. The Kier molecular flexibility index (Phi) is 6.95. The zero-order valence-electron chi connectivity index (χ0n) is 18.2. The van der Waals surface area contributed by atoms with Crippen LogP contribution in [0.4, 0.5) is 5.69 Å². The van der Waals surface area contributed by atoms with Crippen LogP contribution in [0.5, 0.6) is 11.5 Å². The fourth-order valence-corrected chi connectivity index (χ4v) is 5.26. The number of anilines is 1. The Morgan fingerprint density at radius 1 is 1.12 bits per heavy atom. The van der Waals surface area contributed by atoms with Gasteiger partial charge < -0.3 is 19.3 Å². The Bertz CT molecular complexity index is 1280. The number of hydrogen-bond acceptors (Lipinski definition) is 9. The first-order valence-electron chi connectivity index (χ1n) is 10.0. The van der Waals surface area contributed by atoms with Crippen molar-refractivity contribution >= 4 is 50.9 Å². The van der Waals surface area contributed by atoms with Crippen molar-refractivity contribution in [2.75, 3.05) is 11.9 Å². The molecule has 0 aliphatic heterocycles. The summed E-state index contributed by atoms with van der Waals surface area (Å²) in [5.74, 6) is 1.81. The van der Waals surface area contributed by atoms with Gasteiger partial charge in [-0.05, 0) is 56.3 Å². The molecule has 0 aliphatic carbocycles. The van der Waals surface area contributed by atoms with E-state index >= 15 is 0 Å². The summed E-state index contributed by atoms with van der Waals surface area (Å²) in [6, 6.07) is 12.1. The quantitative estimate of drug-likeness (QED) is 0.209. The van der Waals surface area contributed by atoms with E-state index in [0.717, 1.165) is 37.3 Å². The Labute approximate surface area is 198 Å².